The number of halogens is 1. The molecule has 3 aromatic rings. The number of carbonyl (C=O) groups is 1. The minimum absolute atomic E-state index is 0.0424. The maximum absolute atomic E-state index is 14.4. The summed E-state index contributed by atoms with van der Waals surface area (Å²) < 4.78 is 14.4. The zero-order valence-electron chi connectivity index (χ0n) is 15.6. The minimum Gasteiger partial charge on any atom is -0.378 e. The maximum atomic E-state index is 14.4. The first-order valence-electron chi connectivity index (χ1n) is 9.22. The van der Waals surface area contributed by atoms with Gasteiger partial charge in [0.1, 0.15) is 11.5 Å². The summed E-state index contributed by atoms with van der Waals surface area (Å²) in [5.41, 5.74) is 3.20. The Hall–Kier alpha value is -2.89. The van der Waals surface area contributed by atoms with Crippen LogP contribution in [0.25, 0.3) is 11.0 Å². The Labute approximate surface area is 157 Å². The number of pyridine rings is 1. The summed E-state index contributed by atoms with van der Waals surface area (Å²) in [6, 6.07) is 9.53. The zero-order valence-corrected chi connectivity index (χ0v) is 15.6. The second-order valence-electron chi connectivity index (χ2n) is 7.27. The van der Waals surface area contributed by atoms with E-state index in [1.807, 2.05) is 54.2 Å². The molecule has 140 valence electrons. The van der Waals surface area contributed by atoms with E-state index in [1.165, 1.54) is 6.20 Å². The summed E-state index contributed by atoms with van der Waals surface area (Å²) in [5, 5.41) is 0.846. The number of H-pyrrole nitrogens is 1. The zero-order chi connectivity index (χ0) is 19.0. The Balaban J connectivity index is 1.47. The molecular weight excluding hydrogens is 343 g/mol. The van der Waals surface area contributed by atoms with E-state index in [0.717, 1.165) is 29.5 Å². The Bertz CT molecular complexity index is 956. The van der Waals surface area contributed by atoms with Crippen molar-refractivity contribution in [2.24, 2.45) is 0 Å². The van der Waals surface area contributed by atoms with E-state index in [9.17, 15) is 9.18 Å². The number of anilines is 1. The third kappa shape index (κ3) is 3.27. The minimum atomic E-state index is -0.258. The summed E-state index contributed by atoms with van der Waals surface area (Å²) in [4.78, 5) is 23.8. The number of amides is 1. The molecule has 0 bridgehead atoms. The molecule has 1 aliphatic rings. The van der Waals surface area contributed by atoms with E-state index in [0.29, 0.717) is 24.3 Å². The summed E-state index contributed by atoms with van der Waals surface area (Å²) >= 11 is 0. The van der Waals surface area contributed by atoms with Gasteiger partial charge in [0, 0.05) is 55.6 Å². The average Bonchev–Trinajstić information content (AvgIpc) is 3.16. The molecule has 6 heteroatoms. The highest BCUT2D eigenvalue weighted by Gasteiger charge is 2.27. The molecule has 0 saturated carbocycles. The monoisotopic (exact) mass is 366 g/mol. The second kappa shape index (κ2) is 7.02. The number of hydrogen-bond donors (Lipinski definition) is 1. The molecule has 1 aliphatic heterocycles. The van der Waals surface area contributed by atoms with Gasteiger partial charge < -0.3 is 14.8 Å². The molecule has 1 N–H and O–H groups in total. The van der Waals surface area contributed by atoms with Crippen LogP contribution < -0.4 is 4.90 Å². The van der Waals surface area contributed by atoms with E-state index < -0.39 is 0 Å². The van der Waals surface area contributed by atoms with Crippen molar-refractivity contribution < 1.29 is 9.18 Å². The number of nitrogens with one attached hydrogen (secondary N) is 1. The maximum Gasteiger partial charge on any atom is 0.253 e. The van der Waals surface area contributed by atoms with E-state index >= 15 is 0 Å². The topological polar surface area (TPSA) is 52.2 Å². The first-order valence-corrected chi connectivity index (χ1v) is 9.22. The fourth-order valence-corrected chi connectivity index (χ4v) is 3.88. The highest BCUT2D eigenvalue weighted by atomic mass is 19.1. The fourth-order valence-electron chi connectivity index (χ4n) is 3.88. The standard InChI is InChI=1S/C21H23FN4O/c1-25(2)16-5-3-15(4-6-16)21(27)26-11-8-14(9-12-26)19-17-7-10-23-20(17)24-13-18(19)22/h3-7,10,13-14H,8-9,11-12H2,1-2H3,(H,23,24). The lowest BCUT2D eigenvalue weighted by Crippen LogP contribution is -2.38. The molecule has 0 aliphatic carbocycles. The van der Waals surface area contributed by atoms with Gasteiger partial charge in [-0.05, 0) is 49.1 Å². The van der Waals surface area contributed by atoms with Crippen LogP contribution in [-0.4, -0.2) is 48.0 Å². The molecule has 0 unspecified atom stereocenters. The van der Waals surface area contributed by atoms with Crippen LogP contribution in [-0.2, 0) is 0 Å². The van der Waals surface area contributed by atoms with Crippen LogP contribution in [0.2, 0.25) is 0 Å². The lowest BCUT2D eigenvalue weighted by molar-refractivity contribution is 0.0712. The van der Waals surface area contributed by atoms with Crippen LogP contribution >= 0.6 is 0 Å². The largest absolute Gasteiger partial charge is 0.378 e. The molecule has 2 aromatic heterocycles. The molecule has 1 aromatic carbocycles. The molecule has 0 spiro atoms. The van der Waals surface area contributed by atoms with Crippen LogP contribution in [0.1, 0.15) is 34.7 Å². The van der Waals surface area contributed by atoms with Crippen LogP contribution in [0.3, 0.4) is 0 Å². The highest BCUT2D eigenvalue weighted by molar-refractivity contribution is 5.94. The van der Waals surface area contributed by atoms with Crippen LogP contribution in [0, 0.1) is 5.82 Å². The molecule has 27 heavy (non-hydrogen) atoms. The van der Waals surface area contributed by atoms with Crippen molar-refractivity contribution in [3.8, 4) is 0 Å². The first-order chi connectivity index (χ1) is 13.0. The summed E-state index contributed by atoms with van der Waals surface area (Å²) in [6.45, 7) is 1.26. The normalized spacial score (nSPS) is 15.3. The van der Waals surface area contributed by atoms with Crippen LogP contribution in [0.15, 0.2) is 42.7 Å². The molecule has 0 atom stereocenters. The molecule has 5 nitrogen and oxygen atoms in total. The van der Waals surface area contributed by atoms with Gasteiger partial charge in [-0.3, -0.25) is 4.79 Å². The van der Waals surface area contributed by atoms with Gasteiger partial charge in [-0.2, -0.15) is 0 Å². The Morgan fingerprint density at radius 1 is 1.19 bits per heavy atom. The van der Waals surface area contributed by atoms with Gasteiger partial charge in [0.2, 0.25) is 0 Å². The average molecular weight is 366 g/mol. The number of aromatic amines is 1. The predicted octanol–water partition coefficient (Wildman–Crippen LogP) is 3.79. The predicted molar refractivity (Wildman–Crippen MR) is 105 cm³/mol. The number of likely N-dealkylation sites (tertiary alicyclic amines) is 1. The van der Waals surface area contributed by atoms with Crippen molar-refractivity contribution in [2.75, 3.05) is 32.1 Å². The van der Waals surface area contributed by atoms with Gasteiger partial charge >= 0.3 is 0 Å². The third-order valence-corrected chi connectivity index (χ3v) is 5.40. The number of nitrogens with zero attached hydrogens (tertiary/aromatic N) is 3. The smallest absolute Gasteiger partial charge is 0.253 e. The Kier molecular flexibility index (Phi) is 4.56. The van der Waals surface area contributed by atoms with Crippen molar-refractivity contribution >= 4 is 22.6 Å². The number of carbonyl (C=O) groups excluding carboxylic acids is 1. The number of fused-ring (bicyclic) bond motifs is 1. The van der Waals surface area contributed by atoms with Crippen LogP contribution in [0.4, 0.5) is 10.1 Å². The van der Waals surface area contributed by atoms with Crippen LogP contribution in [0.5, 0.6) is 0 Å². The van der Waals surface area contributed by atoms with Crippen molar-refractivity contribution in [2.45, 2.75) is 18.8 Å². The second-order valence-corrected chi connectivity index (χ2v) is 7.27. The van der Waals surface area contributed by atoms with Gasteiger partial charge in [-0.15, -0.1) is 0 Å². The van der Waals surface area contributed by atoms with Gasteiger partial charge in [-0.25, -0.2) is 9.37 Å². The molecular formula is C21H23FN4O. The lowest BCUT2D eigenvalue weighted by atomic mass is 9.87. The van der Waals surface area contributed by atoms with Gasteiger partial charge in [0.25, 0.3) is 5.91 Å². The number of hydrogen-bond acceptors (Lipinski definition) is 3. The molecule has 4 rings (SSSR count). The fraction of sp³-hybridized carbons (Fsp3) is 0.333. The highest BCUT2D eigenvalue weighted by Crippen LogP contribution is 2.34. The van der Waals surface area contributed by atoms with E-state index in [-0.39, 0.29) is 17.6 Å². The number of rotatable bonds is 3. The number of piperidine rings is 1. The molecule has 1 fully saturated rings. The number of aromatic nitrogens is 2. The van der Waals surface area contributed by atoms with Crippen molar-refractivity contribution in [3.63, 3.8) is 0 Å². The van der Waals surface area contributed by atoms with Crippen molar-refractivity contribution in [3.05, 3.63) is 59.7 Å². The van der Waals surface area contributed by atoms with E-state index in [2.05, 4.69) is 9.97 Å². The lowest BCUT2D eigenvalue weighted by Gasteiger charge is -2.32. The Morgan fingerprint density at radius 3 is 2.56 bits per heavy atom. The van der Waals surface area contributed by atoms with E-state index in [1.54, 1.807) is 6.20 Å². The van der Waals surface area contributed by atoms with Gasteiger partial charge in [0.15, 0.2) is 0 Å². The van der Waals surface area contributed by atoms with Gasteiger partial charge in [0.05, 0.1) is 6.20 Å². The summed E-state index contributed by atoms with van der Waals surface area (Å²) in [5.74, 6) is -0.113. The Morgan fingerprint density at radius 2 is 1.89 bits per heavy atom. The SMILES string of the molecule is CN(C)c1ccc(C(=O)N2CCC(c3c(F)cnc4[nH]ccc34)CC2)cc1. The van der Waals surface area contributed by atoms with E-state index in [4.69, 9.17) is 0 Å². The van der Waals surface area contributed by atoms with Crippen molar-refractivity contribution in [1.82, 2.24) is 14.9 Å². The number of benzene rings is 1. The van der Waals surface area contributed by atoms with Crippen molar-refractivity contribution in [1.29, 1.82) is 0 Å². The quantitative estimate of drug-likeness (QED) is 0.767. The molecule has 0 radical (unpaired) electrons. The molecule has 1 amide bonds. The molecule has 3 heterocycles. The first kappa shape index (κ1) is 17.5. The molecule has 1 saturated heterocycles. The van der Waals surface area contributed by atoms with Gasteiger partial charge in [-0.1, -0.05) is 0 Å². The summed E-state index contributed by atoms with van der Waals surface area (Å²) in [7, 11) is 3.95. The summed E-state index contributed by atoms with van der Waals surface area (Å²) in [6.07, 6.45) is 4.58. The third-order valence-electron chi connectivity index (χ3n) is 5.40.